The van der Waals surface area contributed by atoms with Gasteiger partial charge in [-0.05, 0) is 6.42 Å². The second-order valence-corrected chi connectivity index (χ2v) is 6.27. The number of rotatable bonds is 3. The minimum absolute atomic E-state index is 0.0417. The normalized spacial score (nSPS) is 17.2. The molecule has 21 heavy (non-hydrogen) atoms. The molecule has 118 valence electrons. The number of primary amides is 1. The Bertz CT molecular complexity index is 488. The van der Waals surface area contributed by atoms with E-state index >= 15 is 0 Å². The van der Waals surface area contributed by atoms with Crippen LogP contribution in [0.5, 0.6) is 0 Å². The zero-order valence-electron chi connectivity index (χ0n) is 13.0. The van der Waals surface area contributed by atoms with Crippen LogP contribution >= 0.6 is 11.3 Å². The van der Waals surface area contributed by atoms with E-state index in [9.17, 15) is 9.59 Å². The third kappa shape index (κ3) is 5.71. The largest absolute Gasteiger partial charge is 0.465 e. The van der Waals surface area contributed by atoms with Gasteiger partial charge in [-0.1, -0.05) is 20.8 Å². The lowest BCUT2D eigenvalue weighted by molar-refractivity contribution is -0.140. The van der Waals surface area contributed by atoms with Gasteiger partial charge in [0.25, 0.3) is 0 Å². The number of esters is 1. The van der Waals surface area contributed by atoms with Crippen molar-refractivity contribution < 1.29 is 14.3 Å². The highest BCUT2D eigenvalue weighted by Gasteiger charge is 2.20. The monoisotopic (exact) mass is 313 g/mol. The van der Waals surface area contributed by atoms with Crippen molar-refractivity contribution >= 4 is 23.3 Å². The molecule has 1 atom stereocenters. The first-order valence-electron chi connectivity index (χ1n) is 6.92. The van der Waals surface area contributed by atoms with Crippen LogP contribution in [0.2, 0.25) is 0 Å². The van der Waals surface area contributed by atoms with Crippen LogP contribution in [0.15, 0.2) is 5.38 Å². The number of nitrogens with zero attached hydrogens (tertiary/aromatic N) is 2. The van der Waals surface area contributed by atoms with Gasteiger partial charge in [-0.2, -0.15) is 0 Å². The van der Waals surface area contributed by atoms with E-state index in [2.05, 4.69) is 23.6 Å². The number of hydrogen-bond acceptors (Lipinski definition) is 5. The lowest BCUT2D eigenvalue weighted by atomic mass is 10.2. The number of aromatic nitrogens is 1. The van der Waals surface area contributed by atoms with E-state index in [0.717, 1.165) is 17.1 Å². The number of nitrogens with two attached hydrogens (primary N) is 1. The molecule has 2 N–H and O–H groups in total. The van der Waals surface area contributed by atoms with Gasteiger partial charge < -0.3 is 15.4 Å². The average Bonchev–Trinajstić information content (AvgIpc) is 3.01. The number of hydrogen-bond donors (Lipinski definition) is 1. The number of cyclic esters (lactones) is 1. The number of carbonyl (C=O) groups is 2. The quantitative estimate of drug-likeness (QED) is 0.868. The van der Waals surface area contributed by atoms with E-state index < -0.39 is 6.03 Å². The summed E-state index contributed by atoms with van der Waals surface area (Å²) in [6.07, 6.45) is 0.902. The first-order valence-corrected chi connectivity index (χ1v) is 7.80. The fourth-order valence-electron chi connectivity index (χ4n) is 1.58. The van der Waals surface area contributed by atoms with Crippen molar-refractivity contribution in [2.24, 2.45) is 11.7 Å². The maximum absolute atomic E-state index is 10.8. The van der Waals surface area contributed by atoms with Gasteiger partial charge in [-0.25, -0.2) is 9.78 Å². The molecule has 0 saturated carbocycles. The molecule has 0 bridgehead atoms. The molecule has 0 spiro atoms. The smallest absolute Gasteiger partial charge is 0.314 e. The summed E-state index contributed by atoms with van der Waals surface area (Å²) < 4.78 is 4.63. The van der Waals surface area contributed by atoms with E-state index in [-0.39, 0.29) is 11.9 Å². The van der Waals surface area contributed by atoms with Crippen LogP contribution < -0.4 is 5.73 Å². The Hall–Kier alpha value is -1.63. The molecule has 0 aromatic carbocycles. The molecular weight excluding hydrogens is 290 g/mol. The maximum atomic E-state index is 10.8. The fourth-order valence-corrected chi connectivity index (χ4v) is 2.40. The van der Waals surface area contributed by atoms with Crippen molar-refractivity contribution in [2.45, 2.75) is 39.7 Å². The van der Waals surface area contributed by atoms with Gasteiger partial charge in [0.1, 0.15) is 0 Å². The molecule has 1 aromatic heterocycles. The van der Waals surface area contributed by atoms with Crippen LogP contribution in [0, 0.1) is 5.92 Å². The Kier molecular flexibility index (Phi) is 6.61. The Morgan fingerprint density at radius 3 is 2.62 bits per heavy atom. The van der Waals surface area contributed by atoms with Gasteiger partial charge in [-0.15, -0.1) is 11.3 Å². The second-order valence-electron chi connectivity index (χ2n) is 5.38. The summed E-state index contributed by atoms with van der Waals surface area (Å²) in [5.74, 6) is 0.549. The molecule has 1 aliphatic rings. The fraction of sp³-hybridized carbons (Fsp3) is 0.643. The minimum Gasteiger partial charge on any atom is -0.465 e. The SMILES string of the molecule is CC(C)c1nc(CN(C)C(N)=O)cs1.CC1CCOC1=O. The highest BCUT2D eigenvalue weighted by Crippen LogP contribution is 2.19. The van der Waals surface area contributed by atoms with Crippen LogP contribution in [0.3, 0.4) is 0 Å². The van der Waals surface area contributed by atoms with Crippen molar-refractivity contribution in [3.8, 4) is 0 Å². The van der Waals surface area contributed by atoms with Gasteiger partial charge in [0, 0.05) is 18.3 Å². The summed E-state index contributed by atoms with van der Waals surface area (Å²) in [6.45, 7) is 7.19. The number of amides is 2. The number of carbonyl (C=O) groups excluding carboxylic acids is 2. The molecule has 1 aliphatic heterocycles. The van der Waals surface area contributed by atoms with Crippen LogP contribution in [0.1, 0.15) is 43.8 Å². The molecular formula is C14H23N3O3S. The molecule has 1 saturated heterocycles. The predicted octanol–water partition coefficient (Wildman–Crippen LogP) is 2.35. The molecule has 0 aliphatic carbocycles. The standard InChI is InChI=1S/C9H15N3OS.C5H8O2/c1-6(2)8-11-7(5-14-8)4-12(3)9(10)13;1-4-2-3-7-5(4)6/h5-6H,4H2,1-3H3,(H2,10,13);4H,2-3H2,1H3. The van der Waals surface area contributed by atoms with Gasteiger partial charge in [0.2, 0.25) is 0 Å². The van der Waals surface area contributed by atoms with Crippen molar-refractivity contribution in [1.82, 2.24) is 9.88 Å². The number of urea groups is 1. The molecule has 1 aromatic rings. The van der Waals surface area contributed by atoms with E-state index in [0.29, 0.717) is 19.1 Å². The van der Waals surface area contributed by atoms with E-state index in [1.54, 1.807) is 18.4 Å². The van der Waals surface area contributed by atoms with Crippen LogP contribution in [0.4, 0.5) is 4.79 Å². The third-order valence-corrected chi connectivity index (χ3v) is 4.23. The third-order valence-electron chi connectivity index (χ3n) is 3.04. The first kappa shape index (κ1) is 17.4. The minimum atomic E-state index is -0.427. The molecule has 2 rings (SSSR count). The van der Waals surface area contributed by atoms with Gasteiger partial charge in [-0.3, -0.25) is 4.79 Å². The Labute approximate surface area is 129 Å². The number of ether oxygens (including phenoxy) is 1. The highest BCUT2D eigenvalue weighted by atomic mass is 32.1. The summed E-state index contributed by atoms with van der Waals surface area (Å²) in [5, 5.41) is 3.06. The summed E-state index contributed by atoms with van der Waals surface area (Å²) in [6, 6.07) is -0.427. The zero-order valence-corrected chi connectivity index (χ0v) is 13.8. The number of thiazole rings is 1. The molecule has 6 nitrogen and oxygen atoms in total. The molecule has 1 fully saturated rings. The van der Waals surface area contributed by atoms with Crippen LogP contribution in [-0.2, 0) is 16.1 Å². The van der Waals surface area contributed by atoms with Gasteiger partial charge >= 0.3 is 12.0 Å². The lowest BCUT2D eigenvalue weighted by Gasteiger charge is -2.11. The highest BCUT2D eigenvalue weighted by molar-refractivity contribution is 7.09. The molecule has 0 radical (unpaired) electrons. The first-order chi connectivity index (χ1) is 9.81. The predicted molar refractivity (Wildman–Crippen MR) is 82.0 cm³/mol. The Morgan fingerprint density at radius 2 is 2.29 bits per heavy atom. The maximum Gasteiger partial charge on any atom is 0.314 e. The molecule has 7 heteroatoms. The van der Waals surface area contributed by atoms with Crippen molar-refractivity contribution in [3.05, 3.63) is 16.1 Å². The lowest BCUT2D eigenvalue weighted by Crippen LogP contribution is -2.31. The summed E-state index contributed by atoms with van der Waals surface area (Å²) in [4.78, 5) is 27.0. The summed E-state index contributed by atoms with van der Waals surface area (Å²) in [7, 11) is 1.66. The molecule has 2 heterocycles. The second kappa shape index (κ2) is 7.97. The van der Waals surface area contributed by atoms with E-state index in [1.807, 2.05) is 12.3 Å². The Morgan fingerprint density at radius 1 is 1.62 bits per heavy atom. The summed E-state index contributed by atoms with van der Waals surface area (Å²) in [5.41, 5.74) is 6.02. The Balaban J connectivity index is 0.000000262. The molecule has 2 amide bonds. The van der Waals surface area contributed by atoms with E-state index in [1.165, 1.54) is 4.90 Å². The van der Waals surface area contributed by atoms with Crippen LogP contribution in [0.25, 0.3) is 0 Å². The summed E-state index contributed by atoms with van der Waals surface area (Å²) >= 11 is 1.62. The average molecular weight is 313 g/mol. The van der Waals surface area contributed by atoms with Gasteiger partial charge in [0.05, 0.1) is 29.8 Å². The van der Waals surface area contributed by atoms with E-state index in [4.69, 9.17) is 5.73 Å². The van der Waals surface area contributed by atoms with Crippen molar-refractivity contribution in [1.29, 1.82) is 0 Å². The van der Waals surface area contributed by atoms with Crippen molar-refractivity contribution in [3.63, 3.8) is 0 Å². The molecule has 1 unspecified atom stereocenters. The van der Waals surface area contributed by atoms with Crippen LogP contribution in [-0.4, -0.2) is 35.5 Å². The topological polar surface area (TPSA) is 85.5 Å². The van der Waals surface area contributed by atoms with Crippen molar-refractivity contribution in [2.75, 3.05) is 13.7 Å². The zero-order chi connectivity index (χ0) is 16.0. The van der Waals surface area contributed by atoms with Gasteiger partial charge in [0.15, 0.2) is 0 Å².